The molecule has 0 unspecified atom stereocenters. The number of fused-ring (bicyclic) bond motifs is 1. The average molecular weight is 310 g/mol. The van der Waals surface area contributed by atoms with Gasteiger partial charge in [0.25, 0.3) is 0 Å². The number of rotatable bonds is 4. The van der Waals surface area contributed by atoms with Crippen LogP contribution in [-0.2, 0) is 16.6 Å². The van der Waals surface area contributed by atoms with Crippen LogP contribution in [0, 0.1) is 6.92 Å². The van der Waals surface area contributed by atoms with E-state index in [1.165, 1.54) is 18.5 Å². The predicted octanol–water partition coefficient (Wildman–Crippen LogP) is 1.23. The maximum Gasteiger partial charge on any atom is 0.241 e. The molecule has 0 atom stereocenters. The van der Waals surface area contributed by atoms with Gasteiger partial charge in [0.1, 0.15) is 19.0 Å². The minimum Gasteiger partial charge on any atom is -0.486 e. The summed E-state index contributed by atoms with van der Waals surface area (Å²) in [5, 5.41) is 0. The van der Waals surface area contributed by atoms with E-state index >= 15 is 0 Å². The zero-order valence-electron chi connectivity index (χ0n) is 11.3. The molecule has 8 heteroatoms. The largest absolute Gasteiger partial charge is 0.486 e. The van der Waals surface area contributed by atoms with E-state index in [9.17, 15) is 8.42 Å². The molecule has 0 radical (unpaired) electrons. The molecule has 0 saturated carbocycles. The minimum absolute atomic E-state index is 0.0443. The summed E-state index contributed by atoms with van der Waals surface area (Å²) >= 11 is 0. The molecule has 7 nitrogen and oxygen atoms in total. The number of aryl methyl sites for hydroxylation is 1. The van der Waals surface area contributed by atoms with Crippen molar-refractivity contribution in [2.45, 2.75) is 18.4 Å². The number of nitrogens with one attached hydrogen (secondary N) is 1. The molecule has 3 rings (SSSR count). The Balaban J connectivity index is 1.80. The number of benzene rings is 1. The first-order chi connectivity index (χ1) is 10.1. The zero-order chi connectivity index (χ0) is 14.9. The Hall–Kier alpha value is -2.06. The molecule has 0 saturated heterocycles. The van der Waals surface area contributed by atoms with E-state index in [1.54, 1.807) is 13.0 Å². The number of aromatic nitrogens is 1. The van der Waals surface area contributed by atoms with Crippen molar-refractivity contribution in [2.24, 2.45) is 0 Å². The lowest BCUT2D eigenvalue weighted by atomic mass is 10.3. The highest BCUT2D eigenvalue weighted by Gasteiger charge is 2.20. The lowest BCUT2D eigenvalue weighted by Gasteiger charge is -2.18. The van der Waals surface area contributed by atoms with Crippen molar-refractivity contribution in [2.75, 3.05) is 13.2 Å². The predicted molar refractivity (Wildman–Crippen MR) is 72.7 cm³/mol. The highest BCUT2D eigenvalue weighted by molar-refractivity contribution is 7.89. The molecule has 0 aliphatic carbocycles. The Labute approximate surface area is 121 Å². The molecule has 112 valence electrons. The zero-order valence-corrected chi connectivity index (χ0v) is 12.1. The first-order valence-electron chi connectivity index (χ1n) is 6.34. The molecular formula is C13H14N2O5S. The van der Waals surface area contributed by atoms with Crippen LogP contribution in [0.2, 0.25) is 0 Å². The fraction of sp³-hybridized carbons (Fsp3) is 0.308. The first-order valence-corrected chi connectivity index (χ1v) is 7.83. The summed E-state index contributed by atoms with van der Waals surface area (Å²) in [6.07, 6.45) is 1.28. The third-order valence-electron chi connectivity index (χ3n) is 3.09. The van der Waals surface area contributed by atoms with Crippen LogP contribution >= 0.6 is 0 Å². The van der Waals surface area contributed by atoms with Crippen LogP contribution in [-0.4, -0.2) is 26.6 Å². The molecule has 2 aromatic rings. The van der Waals surface area contributed by atoms with E-state index < -0.39 is 10.0 Å². The van der Waals surface area contributed by atoms with E-state index in [1.807, 2.05) is 0 Å². The SMILES string of the molecule is Cc1ncoc1CNS(=O)(=O)c1ccc2c(c1)OCCO2. The van der Waals surface area contributed by atoms with E-state index in [-0.39, 0.29) is 11.4 Å². The summed E-state index contributed by atoms with van der Waals surface area (Å²) in [5.41, 5.74) is 0.653. The number of hydrogen-bond acceptors (Lipinski definition) is 6. The fourth-order valence-electron chi connectivity index (χ4n) is 1.93. The van der Waals surface area contributed by atoms with Gasteiger partial charge < -0.3 is 13.9 Å². The molecule has 21 heavy (non-hydrogen) atoms. The number of sulfonamides is 1. The second kappa shape index (κ2) is 5.38. The number of hydrogen-bond donors (Lipinski definition) is 1. The second-order valence-electron chi connectivity index (χ2n) is 4.49. The van der Waals surface area contributed by atoms with Gasteiger partial charge in [0.15, 0.2) is 17.9 Å². The molecule has 2 heterocycles. The van der Waals surface area contributed by atoms with E-state index in [2.05, 4.69) is 9.71 Å². The molecule has 0 amide bonds. The summed E-state index contributed by atoms with van der Waals surface area (Å²) < 4.78 is 42.8. The van der Waals surface area contributed by atoms with E-state index in [4.69, 9.17) is 13.9 Å². The van der Waals surface area contributed by atoms with Gasteiger partial charge in [0.05, 0.1) is 17.1 Å². The summed E-state index contributed by atoms with van der Waals surface area (Å²) in [7, 11) is -3.66. The van der Waals surface area contributed by atoms with Crippen LogP contribution in [0.15, 0.2) is 33.9 Å². The van der Waals surface area contributed by atoms with Crippen LogP contribution in [0.1, 0.15) is 11.5 Å². The summed E-state index contributed by atoms with van der Waals surface area (Å²) in [4.78, 5) is 4.02. The van der Waals surface area contributed by atoms with Gasteiger partial charge in [-0.15, -0.1) is 0 Å². The molecule has 0 bridgehead atoms. The van der Waals surface area contributed by atoms with Gasteiger partial charge in [-0.3, -0.25) is 0 Å². The smallest absolute Gasteiger partial charge is 0.241 e. The molecule has 0 spiro atoms. The second-order valence-corrected chi connectivity index (χ2v) is 6.26. The topological polar surface area (TPSA) is 90.7 Å². The Bertz CT molecular complexity index is 754. The number of oxazole rings is 1. The Morgan fingerprint density at radius 3 is 2.71 bits per heavy atom. The Morgan fingerprint density at radius 2 is 2.00 bits per heavy atom. The van der Waals surface area contributed by atoms with Crippen LogP contribution in [0.4, 0.5) is 0 Å². The molecule has 1 aromatic carbocycles. The molecule has 1 aliphatic rings. The quantitative estimate of drug-likeness (QED) is 0.913. The van der Waals surface area contributed by atoms with Crippen LogP contribution in [0.5, 0.6) is 11.5 Å². The van der Waals surface area contributed by atoms with Gasteiger partial charge in [0, 0.05) is 6.07 Å². The van der Waals surface area contributed by atoms with E-state index in [0.29, 0.717) is 36.2 Å². The Morgan fingerprint density at radius 1 is 1.24 bits per heavy atom. The Kier molecular flexibility index (Phi) is 3.56. The van der Waals surface area contributed by atoms with Crippen molar-refractivity contribution in [3.05, 3.63) is 36.0 Å². The molecule has 1 aliphatic heterocycles. The van der Waals surface area contributed by atoms with Crippen molar-refractivity contribution >= 4 is 10.0 Å². The number of nitrogens with zero attached hydrogens (tertiary/aromatic N) is 1. The normalized spacial score (nSPS) is 14.1. The van der Waals surface area contributed by atoms with Crippen molar-refractivity contribution in [1.82, 2.24) is 9.71 Å². The first kappa shape index (κ1) is 13.9. The standard InChI is InChI=1S/C13H14N2O5S/c1-9-13(20-8-14-9)7-15-21(16,17)10-2-3-11-12(6-10)19-5-4-18-11/h2-3,6,8,15H,4-5,7H2,1H3. The highest BCUT2D eigenvalue weighted by Crippen LogP contribution is 2.32. The van der Waals surface area contributed by atoms with Crippen LogP contribution < -0.4 is 14.2 Å². The minimum atomic E-state index is -3.66. The van der Waals surface area contributed by atoms with Gasteiger partial charge in [-0.05, 0) is 19.1 Å². The summed E-state index contributed by atoms with van der Waals surface area (Å²) in [6, 6.07) is 4.51. The monoisotopic (exact) mass is 310 g/mol. The summed E-state index contributed by atoms with van der Waals surface area (Å²) in [5.74, 6) is 1.46. The average Bonchev–Trinajstić information content (AvgIpc) is 2.90. The van der Waals surface area contributed by atoms with Crippen molar-refractivity contribution in [1.29, 1.82) is 0 Å². The number of ether oxygens (including phenoxy) is 2. The van der Waals surface area contributed by atoms with Crippen molar-refractivity contribution in [3.63, 3.8) is 0 Å². The van der Waals surface area contributed by atoms with Crippen LogP contribution in [0.25, 0.3) is 0 Å². The van der Waals surface area contributed by atoms with Crippen LogP contribution in [0.3, 0.4) is 0 Å². The molecule has 0 fully saturated rings. The van der Waals surface area contributed by atoms with Gasteiger partial charge in [-0.25, -0.2) is 18.1 Å². The van der Waals surface area contributed by atoms with Crippen molar-refractivity contribution < 1.29 is 22.3 Å². The molecule has 1 N–H and O–H groups in total. The molecular weight excluding hydrogens is 296 g/mol. The third-order valence-corrected chi connectivity index (χ3v) is 4.49. The summed E-state index contributed by atoms with van der Waals surface area (Å²) in [6.45, 7) is 2.66. The lowest BCUT2D eigenvalue weighted by Crippen LogP contribution is -2.24. The van der Waals surface area contributed by atoms with E-state index in [0.717, 1.165) is 0 Å². The maximum absolute atomic E-state index is 12.3. The van der Waals surface area contributed by atoms with Crippen molar-refractivity contribution in [3.8, 4) is 11.5 Å². The third kappa shape index (κ3) is 2.86. The molecule has 1 aromatic heterocycles. The van der Waals surface area contributed by atoms with Gasteiger partial charge in [-0.2, -0.15) is 0 Å². The maximum atomic E-state index is 12.3. The highest BCUT2D eigenvalue weighted by atomic mass is 32.2. The van der Waals surface area contributed by atoms with Gasteiger partial charge >= 0.3 is 0 Å². The fourth-order valence-corrected chi connectivity index (χ4v) is 2.93. The lowest BCUT2D eigenvalue weighted by molar-refractivity contribution is 0.171. The van der Waals surface area contributed by atoms with Gasteiger partial charge in [0.2, 0.25) is 10.0 Å². The van der Waals surface area contributed by atoms with Gasteiger partial charge in [-0.1, -0.05) is 0 Å².